The van der Waals surface area contributed by atoms with Gasteiger partial charge in [0, 0.05) is 42.0 Å². The lowest BCUT2D eigenvalue weighted by molar-refractivity contribution is 0.0766. The molecule has 2 heterocycles. The maximum absolute atomic E-state index is 13.0. The molecule has 1 aliphatic heterocycles. The molecule has 1 aromatic heterocycles. The van der Waals surface area contributed by atoms with Gasteiger partial charge < -0.3 is 15.0 Å². The van der Waals surface area contributed by atoms with Gasteiger partial charge in [-0.2, -0.15) is 13.5 Å². The highest BCUT2D eigenvalue weighted by Crippen LogP contribution is 2.40. The number of ether oxygens (including phenoxy) is 1. The Kier molecular flexibility index (Phi) is 6.36. The van der Waals surface area contributed by atoms with Crippen LogP contribution in [-0.2, 0) is 25.2 Å². The third-order valence-corrected chi connectivity index (χ3v) is 5.48. The minimum absolute atomic E-state index is 0.0336. The predicted octanol–water partition coefficient (Wildman–Crippen LogP) is 3.22. The van der Waals surface area contributed by atoms with Crippen molar-refractivity contribution in [2.45, 2.75) is 32.4 Å². The molecule has 0 unspecified atom stereocenters. The Morgan fingerprint density at radius 3 is 2.45 bits per heavy atom. The number of carbonyl (C=O) groups is 2. The highest BCUT2D eigenvalue weighted by molar-refractivity contribution is 7.51. The molecule has 2 amide bonds. The summed E-state index contributed by atoms with van der Waals surface area (Å²) in [5.41, 5.74) is 2.87. The maximum Gasteiger partial charge on any atom is 0.335 e. The van der Waals surface area contributed by atoms with Gasteiger partial charge in [0.25, 0.3) is 11.8 Å². The molecule has 0 saturated heterocycles. The monoisotopic (exact) mass is 466 g/mol. The number of benzene rings is 2. The van der Waals surface area contributed by atoms with Crippen molar-refractivity contribution in [3.8, 4) is 11.5 Å². The van der Waals surface area contributed by atoms with Crippen LogP contribution in [0.1, 0.15) is 44.7 Å². The van der Waals surface area contributed by atoms with Crippen LogP contribution in [0.2, 0.25) is 0 Å². The van der Waals surface area contributed by atoms with Gasteiger partial charge in [-0.15, -0.1) is 0 Å². The highest BCUT2D eigenvalue weighted by atomic mass is 32.1. The van der Waals surface area contributed by atoms with E-state index in [1.165, 1.54) is 0 Å². The van der Waals surface area contributed by atoms with Gasteiger partial charge in [-0.25, -0.2) is 0 Å². The molecular formula is C23H22N4O5S. The third kappa shape index (κ3) is 5.01. The Labute approximate surface area is 194 Å². The van der Waals surface area contributed by atoms with Crippen molar-refractivity contribution in [1.82, 2.24) is 14.7 Å². The largest absolute Gasteiger partial charge is 0.457 e. The number of nitrogens with zero attached hydrogens (tertiary/aromatic N) is 3. The molecule has 1 aliphatic carbocycles. The van der Waals surface area contributed by atoms with E-state index in [1.54, 1.807) is 36.1 Å². The number of hydrogen-bond donors (Lipinski definition) is 1. The molecule has 5 rings (SSSR count). The van der Waals surface area contributed by atoms with Gasteiger partial charge in [0.15, 0.2) is 5.82 Å². The fraction of sp³-hybridized carbons (Fsp3) is 0.261. The van der Waals surface area contributed by atoms with Crippen molar-refractivity contribution in [1.29, 1.82) is 0 Å². The van der Waals surface area contributed by atoms with Gasteiger partial charge >= 0.3 is 11.6 Å². The first-order valence-corrected chi connectivity index (χ1v) is 11.0. The standard InChI is InChI=1S/C23H22N4O3.O2S/c1-14-3-7-17(8-4-14)30-20-12-15(22(28)24-21-9-10-26(2)25-21)11-18-19(20)13-27(23(18)29)16-5-6-16;1-3-2/h3-4,7-12,16H,5-6,13H2,1-2H3,(H,24,25,28);. The number of rotatable bonds is 5. The number of aromatic nitrogens is 2. The number of amides is 2. The average Bonchev–Trinajstić information content (AvgIpc) is 3.47. The summed E-state index contributed by atoms with van der Waals surface area (Å²) in [7, 11) is 1.78. The van der Waals surface area contributed by atoms with Crippen LogP contribution in [0.15, 0.2) is 48.7 Å². The predicted molar refractivity (Wildman–Crippen MR) is 121 cm³/mol. The van der Waals surface area contributed by atoms with Crippen molar-refractivity contribution < 1.29 is 22.7 Å². The molecule has 1 N–H and O–H groups in total. The van der Waals surface area contributed by atoms with Crippen molar-refractivity contribution in [3.05, 3.63) is 70.9 Å². The van der Waals surface area contributed by atoms with Crippen LogP contribution in [0, 0.1) is 6.92 Å². The summed E-state index contributed by atoms with van der Waals surface area (Å²) in [5.74, 6) is 1.30. The first-order chi connectivity index (χ1) is 15.9. The van der Waals surface area contributed by atoms with E-state index in [4.69, 9.17) is 13.2 Å². The number of anilines is 1. The van der Waals surface area contributed by atoms with E-state index >= 15 is 0 Å². The molecular weight excluding hydrogens is 444 g/mol. The minimum atomic E-state index is -0.750. The minimum Gasteiger partial charge on any atom is -0.457 e. The van der Waals surface area contributed by atoms with E-state index in [-0.39, 0.29) is 11.8 Å². The van der Waals surface area contributed by atoms with Crippen molar-refractivity contribution in [3.63, 3.8) is 0 Å². The zero-order valence-corrected chi connectivity index (χ0v) is 18.9. The van der Waals surface area contributed by atoms with Crippen molar-refractivity contribution in [2.24, 2.45) is 7.05 Å². The summed E-state index contributed by atoms with van der Waals surface area (Å²) in [6, 6.07) is 13.1. The molecule has 0 spiro atoms. The molecule has 2 aromatic carbocycles. The summed E-state index contributed by atoms with van der Waals surface area (Å²) in [5, 5.41) is 6.96. The Morgan fingerprint density at radius 1 is 1.15 bits per heavy atom. The second-order valence-corrected chi connectivity index (χ2v) is 8.11. The molecule has 33 heavy (non-hydrogen) atoms. The molecule has 0 atom stereocenters. The quantitative estimate of drug-likeness (QED) is 0.618. The Hall–Kier alpha value is -3.79. The van der Waals surface area contributed by atoms with Crippen molar-refractivity contribution >= 4 is 29.2 Å². The number of carbonyl (C=O) groups excluding carboxylic acids is 2. The number of nitrogens with one attached hydrogen (secondary N) is 1. The number of fused-ring (bicyclic) bond motifs is 1. The molecule has 1 fully saturated rings. The molecule has 0 bridgehead atoms. The van der Waals surface area contributed by atoms with E-state index < -0.39 is 11.6 Å². The molecule has 10 heteroatoms. The summed E-state index contributed by atoms with van der Waals surface area (Å²) >= 11 is -0.750. The van der Waals surface area contributed by atoms with Crippen LogP contribution in [0.25, 0.3) is 0 Å². The van der Waals surface area contributed by atoms with Gasteiger partial charge in [-0.05, 0) is 44.0 Å². The summed E-state index contributed by atoms with van der Waals surface area (Å²) in [6.45, 7) is 2.53. The molecule has 9 nitrogen and oxygen atoms in total. The second-order valence-electron chi connectivity index (χ2n) is 7.98. The lowest BCUT2D eigenvalue weighted by Gasteiger charge is -2.14. The van der Waals surface area contributed by atoms with Gasteiger partial charge in [0.2, 0.25) is 0 Å². The molecule has 0 radical (unpaired) electrons. The first-order valence-electron chi connectivity index (χ1n) is 10.3. The average molecular weight is 467 g/mol. The normalized spacial score (nSPS) is 14.2. The summed E-state index contributed by atoms with van der Waals surface area (Å²) < 4.78 is 24.3. The van der Waals surface area contributed by atoms with Crippen LogP contribution < -0.4 is 10.1 Å². The van der Waals surface area contributed by atoms with Crippen LogP contribution >= 0.6 is 0 Å². The Bertz CT molecular complexity index is 1240. The summed E-state index contributed by atoms with van der Waals surface area (Å²) in [6.07, 6.45) is 3.81. The molecule has 3 aromatic rings. The highest BCUT2D eigenvalue weighted by Gasteiger charge is 2.40. The van der Waals surface area contributed by atoms with Gasteiger partial charge in [-0.3, -0.25) is 14.3 Å². The molecule has 170 valence electrons. The smallest absolute Gasteiger partial charge is 0.335 e. The number of aryl methyl sites for hydroxylation is 2. The van der Waals surface area contributed by atoms with Crippen LogP contribution in [0.3, 0.4) is 0 Å². The summed E-state index contributed by atoms with van der Waals surface area (Å²) in [4.78, 5) is 27.7. The van der Waals surface area contributed by atoms with Crippen molar-refractivity contribution in [2.75, 3.05) is 5.32 Å². The fourth-order valence-corrected chi connectivity index (χ4v) is 3.70. The van der Waals surface area contributed by atoms with Crippen LogP contribution in [0.4, 0.5) is 5.82 Å². The Morgan fingerprint density at radius 2 is 1.85 bits per heavy atom. The van der Waals surface area contributed by atoms with Gasteiger partial charge in [0.05, 0.1) is 6.54 Å². The maximum atomic E-state index is 13.0. The Balaban J connectivity index is 0.000000821. The van der Waals surface area contributed by atoms with Gasteiger partial charge in [-0.1, -0.05) is 17.7 Å². The van der Waals surface area contributed by atoms with E-state index in [1.807, 2.05) is 36.1 Å². The zero-order valence-electron chi connectivity index (χ0n) is 18.1. The van der Waals surface area contributed by atoms with E-state index in [9.17, 15) is 9.59 Å². The lowest BCUT2D eigenvalue weighted by Crippen LogP contribution is -2.26. The SMILES string of the molecule is Cc1ccc(Oc2cc(C(=O)Nc3ccn(C)n3)cc3c2CN(C2CC2)C3=O)cc1.O=S=O. The fourth-order valence-electron chi connectivity index (χ4n) is 3.70. The van der Waals surface area contributed by atoms with Crippen LogP contribution in [-0.4, -0.2) is 41.0 Å². The molecule has 1 saturated carbocycles. The van der Waals surface area contributed by atoms with E-state index in [2.05, 4.69) is 10.4 Å². The third-order valence-electron chi connectivity index (χ3n) is 5.48. The van der Waals surface area contributed by atoms with Gasteiger partial charge in [0.1, 0.15) is 11.5 Å². The topological polar surface area (TPSA) is 111 Å². The van der Waals surface area contributed by atoms with Crippen LogP contribution in [0.5, 0.6) is 11.5 Å². The second kappa shape index (κ2) is 9.37. The number of hydrogen-bond acceptors (Lipinski definition) is 6. The molecule has 2 aliphatic rings. The van der Waals surface area contributed by atoms with E-state index in [0.29, 0.717) is 41.0 Å². The lowest BCUT2D eigenvalue weighted by atomic mass is 10.0. The zero-order chi connectivity index (χ0) is 23.5. The first kappa shape index (κ1) is 22.4. The van der Waals surface area contributed by atoms with E-state index in [0.717, 1.165) is 24.0 Å².